The van der Waals surface area contributed by atoms with Crippen LogP contribution in [0.5, 0.6) is 0 Å². The number of amides is 1. The number of aryl methyl sites for hydroxylation is 1. The molecule has 1 aromatic carbocycles. The van der Waals surface area contributed by atoms with Gasteiger partial charge in [0, 0.05) is 39.3 Å². The lowest BCUT2D eigenvalue weighted by Gasteiger charge is -2.37. The molecule has 0 saturated carbocycles. The molecular weight excluding hydrogens is 280 g/mol. The van der Waals surface area contributed by atoms with Crippen LogP contribution in [0.2, 0.25) is 0 Å². The molecule has 6 heteroatoms. The van der Waals surface area contributed by atoms with E-state index >= 15 is 0 Å². The number of hydrogen-bond acceptors (Lipinski definition) is 5. The van der Waals surface area contributed by atoms with E-state index in [9.17, 15) is 4.79 Å². The summed E-state index contributed by atoms with van der Waals surface area (Å²) in [6.45, 7) is 6.73. The van der Waals surface area contributed by atoms with E-state index in [4.69, 9.17) is 4.42 Å². The van der Waals surface area contributed by atoms with E-state index < -0.39 is 0 Å². The molecule has 0 radical (unpaired) electrons. The molecule has 116 valence electrons. The van der Waals surface area contributed by atoms with E-state index in [2.05, 4.69) is 15.2 Å². The summed E-state index contributed by atoms with van der Waals surface area (Å²) in [5.74, 6) is 0.463. The average Bonchev–Trinajstić information content (AvgIpc) is 2.88. The molecule has 3 heterocycles. The van der Waals surface area contributed by atoms with Gasteiger partial charge in [-0.15, -0.1) is 0 Å². The van der Waals surface area contributed by atoms with E-state index in [0.717, 1.165) is 50.4 Å². The van der Waals surface area contributed by atoms with Crippen molar-refractivity contribution < 1.29 is 9.21 Å². The zero-order valence-corrected chi connectivity index (χ0v) is 12.7. The van der Waals surface area contributed by atoms with Gasteiger partial charge in [-0.05, 0) is 24.6 Å². The summed E-state index contributed by atoms with van der Waals surface area (Å²) < 4.78 is 5.84. The number of aromatic nitrogens is 1. The lowest BCUT2D eigenvalue weighted by molar-refractivity contribution is -0.137. The predicted molar refractivity (Wildman–Crippen MR) is 83.9 cm³/mol. The molecule has 1 N–H and O–H groups in total. The number of rotatable bonds is 2. The number of carbonyl (C=O) groups excluding carboxylic acids is 1. The first kappa shape index (κ1) is 13.6. The van der Waals surface area contributed by atoms with E-state index in [1.165, 1.54) is 5.56 Å². The van der Waals surface area contributed by atoms with Crippen molar-refractivity contribution in [3.63, 3.8) is 0 Å². The van der Waals surface area contributed by atoms with Gasteiger partial charge >= 0.3 is 0 Å². The van der Waals surface area contributed by atoms with Crippen molar-refractivity contribution in [2.45, 2.75) is 6.92 Å². The summed E-state index contributed by atoms with van der Waals surface area (Å²) in [6, 6.07) is 6.69. The Morgan fingerprint density at radius 3 is 2.73 bits per heavy atom. The summed E-state index contributed by atoms with van der Waals surface area (Å²) in [4.78, 5) is 20.9. The standard InChI is InChI=1S/C16H20N4O2/c1-11-2-3-14-13(8-11)18-16(22-14)20-6-4-19(5-7-20)15(21)12-9-17-10-12/h2-3,8,12,17H,4-7,9-10H2,1H3. The molecule has 0 unspecified atom stereocenters. The molecule has 2 saturated heterocycles. The molecule has 2 aliphatic heterocycles. The van der Waals surface area contributed by atoms with Crippen LogP contribution in [0.4, 0.5) is 6.01 Å². The Morgan fingerprint density at radius 2 is 2.05 bits per heavy atom. The van der Waals surface area contributed by atoms with Gasteiger partial charge in [0.1, 0.15) is 5.52 Å². The highest BCUT2D eigenvalue weighted by Gasteiger charge is 2.31. The van der Waals surface area contributed by atoms with Crippen LogP contribution >= 0.6 is 0 Å². The quantitative estimate of drug-likeness (QED) is 0.897. The number of benzene rings is 1. The van der Waals surface area contributed by atoms with Crippen molar-refractivity contribution in [3.8, 4) is 0 Å². The minimum atomic E-state index is 0.179. The van der Waals surface area contributed by atoms with Crippen LogP contribution in [0.1, 0.15) is 5.56 Å². The zero-order valence-electron chi connectivity index (χ0n) is 12.7. The maximum Gasteiger partial charge on any atom is 0.298 e. The topological polar surface area (TPSA) is 61.6 Å². The lowest BCUT2D eigenvalue weighted by Crippen LogP contribution is -2.56. The molecule has 0 aliphatic carbocycles. The molecule has 2 aliphatic rings. The Morgan fingerprint density at radius 1 is 1.27 bits per heavy atom. The van der Waals surface area contributed by atoms with E-state index in [-0.39, 0.29) is 11.8 Å². The summed E-state index contributed by atoms with van der Waals surface area (Å²) in [7, 11) is 0. The number of nitrogens with zero attached hydrogens (tertiary/aromatic N) is 3. The molecule has 4 rings (SSSR count). The molecule has 0 bridgehead atoms. The largest absolute Gasteiger partial charge is 0.423 e. The Bertz CT molecular complexity index is 699. The third-order valence-corrected chi connectivity index (χ3v) is 4.52. The maximum absolute atomic E-state index is 12.2. The van der Waals surface area contributed by atoms with Gasteiger partial charge < -0.3 is 19.5 Å². The number of hydrogen-bond donors (Lipinski definition) is 1. The summed E-state index contributed by atoms with van der Waals surface area (Å²) in [5, 5.41) is 3.15. The van der Waals surface area contributed by atoms with Gasteiger partial charge in [0.05, 0.1) is 5.92 Å². The van der Waals surface area contributed by atoms with Gasteiger partial charge in [-0.3, -0.25) is 4.79 Å². The fourth-order valence-electron chi connectivity index (χ4n) is 3.00. The van der Waals surface area contributed by atoms with E-state index in [1.807, 2.05) is 30.0 Å². The highest BCUT2D eigenvalue weighted by Crippen LogP contribution is 2.24. The summed E-state index contributed by atoms with van der Waals surface area (Å²) >= 11 is 0. The smallest absolute Gasteiger partial charge is 0.298 e. The predicted octanol–water partition coefficient (Wildman–Crippen LogP) is 1.00. The zero-order chi connectivity index (χ0) is 15.1. The van der Waals surface area contributed by atoms with Gasteiger partial charge in [0.25, 0.3) is 6.01 Å². The fraction of sp³-hybridized carbons (Fsp3) is 0.500. The molecule has 1 aromatic heterocycles. The molecule has 22 heavy (non-hydrogen) atoms. The number of carbonyl (C=O) groups is 1. The number of oxazole rings is 1. The molecule has 0 spiro atoms. The number of fused-ring (bicyclic) bond motifs is 1. The van der Waals surface area contributed by atoms with Gasteiger partial charge in [-0.25, -0.2) is 0 Å². The van der Waals surface area contributed by atoms with Crippen LogP contribution in [0, 0.1) is 12.8 Å². The lowest BCUT2D eigenvalue weighted by atomic mass is 10.0. The SMILES string of the molecule is Cc1ccc2oc(N3CCN(C(=O)C4CNC4)CC3)nc2c1. The number of anilines is 1. The van der Waals surface area contributed by atoms with Crippen molar-refractivity contribution in [3.05, 3.63) is 23.8 Å². The Labute approximate surface area is 129 Å². The van der Waals surface area contributed by atoms with Gasteiger partial charge in [-0.2, -0.15) is 4.98 Å². The third kappa shape index (κ3) is 2.33. The second-order valence-corrected chi connectivity index (χ2v) is 6.14. The molecule has 2 aromatic rings. The first-order valence-electron chi connectivity index (χ1n) is 7.82. The Balaban J connectivity index is 1.44. The van der Waals surface area contributed by atoms with E-state index in [1.54, 1.807) is 0 Å². The van der Waals surface area contributed by atoms with E-state index in [0.29, 0.717) is 6.01 Å². The van der Waals surface area contributed by atoms with Crippen LogP contribution in [0.25, 0.3) is 11.1 Å². The monoisotopic (exact) mass is 300 g/mol. The highest BCUT2D eigenvalue weighted by molar-refractivity contribution is 5.80. The number of nitrogens with one attached hydrogen (secondary N) is 1. The van der Waals surface area contributed by atoms with Gasteiger partial charge in [0.2, 0.25) is 5.91 Å². The molecule has 2 fully saturated rings. The van der Waals surface area contributed by atoms with Crippen molar-refractivity contribution >= 4 is 23.0 Å². The molecule has 1 amide bonds. The Kier molecular flexibility index (Phi) is 3.26. The van der Waals surface area contributed by atoms with Crippen molar-refractivity contribution in [1.82, 2.24) is 15.2 Å². The maximum atomic E-state index is 12.2. The minimum absolute atomic E-state index is 0.179. The molecule has 6 nitrogen and oxygen atoms in total. The fourth-order valence-corrected chi connectivity index (χ4v) is 3.00. The number of piperazine rings is 1. The average molecular weight is 300 g/mol. The molecule has 0 atom stereocenters. The van der Waals surface area contributed by atoms with Crippen LogP contribution in [0.3, 0.4) is 0 Å². The van der Waals surface area contributed by atoms with Crippen LogP contribution in [-0.2, 0) is 4.79 Å². The third-order valence-electron chi connectivity index (χ3n) is 4.52. The van der Waals surface area contributed by atoms with Gasteiger partial charge in [0.15, 0.2) is 5.58 Å². The highest BCUT2D eigenvalue weighted by atomic mass is 16.4. The minimum Gasteiger partial charge on any atom is -0.423 e. The van der Waals surface area contributed by atoms with Gasteiger partial charge in [-0.1, -0.05) is 6.07 Å². The van der Waals surface area contributed by atoms with Crippen molar-refractivity contribution in [2.75, 3.05) is 44.2 Å². The summed E-state index contributed by atoms with van der Waals surface area (Å²) in [5.41, 5.74) is 2.89. The second-order valence-electron chi connectivity index (χ2n) is 6.14. The first-order chi connectivity index (χ1) is 10.7. The van der Waals surface area contributed by atoms with Crippen LogP contribution in [-0.4, -0.2) is 55.1 Å². The Hall–Kier alpha value is -2.08. The van der Waals surface area contributed by atoms with Crippen molar-refractivity contribution in [1.29, 1.82) is 0 Å². The second kappa shape index (κ2) is 5.28. The summed E-state index contributed by atoms with van der Waals surface area (Å²) in [6.07, 6.45) is 0. The molecular formula is C16H20N4O2. The van der Waals surface area contributed by atoms with Crippen LogP contribution in [0.15, 0.2) is 22.6 Å². The first-order valence-corrected chi connectivity index (χ1v) is 7.82. The van der Waals surface area contributed by atoms with Crippen molar-refractivity contribution in [2.24, 2.45) is 5.92 Å². The van der Waals surface area contributed by atoms with Crippen LogP contribution < -0.4 is 10.2 Å². The normalized spacial score (nSPS) is 19.5.